The number of rotatable bonds is 3. The lowest BCUT2D eigenvalue weighted by molar-refractivity contribution is -0.384. The number of non-ortho nitro benzene ring substituents is 1. The predicted molar refractivity (Wildman–Crippen MR) is 54.6 cm³/mol. The van der Waals surface area contributed by atoms with E-state index in [-0.39, 0.29) is 11.4 Å². The summed E-state index contributed by atoms with van der Waals surface area (Å²) in [6.45, 7) is 0. The molecule has 0 spiro atoms. The molecule has 0 aliphatic carbocycles. The molecule has 0 fully saturated rings. The summed E-state index contributed by atoms with van der Waals surface area (Å²) in [5.74, 6) is 5.26. The van der Waals surface area contributed by atoms with Gasteiger partial charge in [-0.1, -0.05) is 6.07 Å². The molecule has 0 radical (unpaired) electrons. The Morgan fingerprint density at radius 2 is 2.07 bits per heavy atom. The topological polar surface area (TPSA) is 107 Å². The summed E-state index contributed by atoms with van der Waals surface area (Å²) in [6.07, 6.45) is 0.909. The zero-order valence-corrected chi connectivity index (χ0v) is 8.64. The van der Waals surface area contributed by atoms with Gasteiger partial charge in [-0.2, -0.15) is 0 Å². The van der Waals surface area contributed by atoms with Gasteiger partial charge in [-0.25, -0.2) is 18.7 Å². The van der Waals surface area contributed by atoms with E-state index in [1.807, 2.05) is 0 Å². The van der Waals surface area contributed by atoms with Gasteiger partial charge in [-0.3, -0.25) is 10.1 Å². The lowest BCUT2D eigenvalue weighted by Crippen LogP contribution is -2.36. The second-order valence-electron chi connectivity index (χ2n) is 2.84. The number of nitro benzene ring substituents is 1. The van der Waals surface area contributed by atoms with Crippen LogP contribution >= 0.6 is 0 Å². The average molecular weight is 231 g/mol. The monoisotopic (exact) mass is 231 g/mol. The molecule has 1 rings (SSSR count). The Balaban J connectivity index is 3.17. The molecule has 0 unspecified atom stereocenters. The number of nitrogens with two attached hydrogens (primary N) is 1. The Hall–Kier alpha value is -1.67. The van der Waals surface area contributed by atoms with Gasteiger partial charge in [0.15, 0.2) is 0 Å². The molecule has 0 heterocycles. The third-order valence-electron chi connectivity index (χ3n) is 1.65. The molecule has 82 valence electrons. The molecule has 0 saturated heterocycles. The van der Waals surface area contributed by atoms with Gasteiger partial charge in [-0.15, -0.1) is 0 Å². The summed E-state index contributed by atoms with van der Waals surface area (Å²) in [6, 6.07) is 5.06. The van der Waals surface area contributed by atoms with Crippen molar-refractivity contribution in [1.29, 1.82) is 0 Å². The molecule has 15 heavy (non-hydrogen) atoms. The first-order valence-corrected chi connectivity index (χ1v) is 5.66. The lowest BCUT2D eigenvalue weighted by Gasteiger charge is -2.14. The van der Waals surface area contributed by atoms with E-state index in [9.17, 15) is 18.5 Å². The maximum absolute atomic E-state index is 11.0. The van der Waals surface area contributed by atoms with Crippen molar-refractivity contribution in [1.82, 2.24) is 0 Å². The van der Waals surface area contributed by atoms with Crippen LogP contribution in [0.2, 0.25) is 0 Å². The van der Waals surface area contributed by atoms with E-state index in [0.29, 0.717) is 4.41 Å². The Morgan fingerprint density at radius 1 is 1.47 bits per heavy atom. The van der Waals surface area contributed by atoms with Crippen molar-refractivity contribution in [2.75, 3.05) is 10.7 Å². The number of nitrogens with zero attached hydrogens (tertiary/aromatic N) is 2. The van der Waals surface area contributed by atoms with Crippen LogP contribution in [0.3, 0.4) is 0 Å². The fourth-order valence-corrected chi connectivity index (χ4v) is 1.43. The van der Waals surface area contributed by atoms with Gasteiger partial charge in [0.2, 0.25) is 10.0 Å². The number of benzene rings is 1. The molecule has 1 aromatic rings. The van der Waals surface area contributed by atoms with Crippen molar-refractivity contribution in [3.8, 4) is 0 Å². The number of nitro groups is 1. The second-order valence-corrected chi connectivity index (χ2v) is 4.70. The minimum Gasteiger partial charge on any atom is -0.258 e. The van der Waals surface area contributed by atoms with E-state index in [2.05, 4.69) is 0 Å². The number of hydrogen-bond acceptors (Lipinski definition) is 5. The van der Waals surface area contributed by atoms with Gasteiger partial charge < -0.3 is 0 Å². The average Bonchev–Trinajstić information content (AvgIpc) is 2.15. The van der Waals surface area contributed by atoms with Gasteiger partial charge in [0.25, 0.3) is 5.69 Å². The van der Waals surface area contributed by atoms with Crippen LogP contribution in [-0.2, 0) is 10.0 Å². The van der Waals surface area contributed by atoms with Crippen LogP contribution in [-0.4, -0.2) is 19.6 Å². The quantitative estimate of drug-likeness (QED) is 0.455. The van der Waals surface area contributed by atoms with Crippen LogP contribution in [0, 0.1) is 10.1 Å². The van der Waals surface area contributed by atoms with Crippen LogP contribution in [0.25, 0.3) is 0 Å². The number of sulfonamides is 1. The molecule has 0 aromatic heterocycles. The first kappa shape index (κ1) is 11.4. The molecule has 0 aliphatic rings. The summed E-state index contributed by atoms with van der Waals surface area (Å²) >= 11 is 0. The highest BCUT2D eigenvalue weighted by Crippen LogP contribution is 2.20. The molecule has 7 nitrogen and oxygen atoms in total. The standard InChI is InChI=1S/C7H9N3O4S/c1-15(13,14)9(8)6-3-2-4-7(5-6)10(11)12/h2-5H,8H2,1H3. The molecule has 0 saturated carbocycles. The Labute approximate surface area is 86.3 Å². The number of hydrazine groups is 1. The van der Waals surface area contributed by atoms with Crippen molar-refractivity contribution in [3.63, 3.8) is 0 Å². The summed E-state index contributed by atoms with van der Waals surface area (Å²) < 4.78 is 22.6. The first-order chi connectivity index (χ1) is 6.82. The molecule has 8 heteroatoms. The third-order valence-corrected chi connectivity index (χ3v) is 2.58. The zero-order chi connectivity index (χ0) is 11.6. The highest BCUT2D eigenvalue weighted by atomic mass is 32.2. The van der Waals surface area contributed by atoms with Gasteiger partial charge >= 0.3 is 0 Å². The summed E-state index contributed by atoms with van der Waals surface area (Å²) in [7, 11) is -3.61. The SMILES string of the molecule is CS(=O)(=O)N(N)c1cccc([N+](=O)[O-])c1. The van der Waals surface area contributed by atoms with E-state index in [1.165, 1.54) is 18.2 Å². The zero-order valence-electron chi connectivity index (χ0n) is 7.82. The minimum atomic E-state index is -3.61. The van der Waals surface area contributed by atoms with Crippen LogP contribution in [0.15, 0.2) is 24.3 Å². The highest BCUT2D eigenvalue weighted by molar-refractivity contribution is 7.92. The largest absolute Gasteiger partial charge is 0.271 e. The van der Waals surface area contributed by atoms with Gasteiger partial charge in [0.1, 0.15) is 0 Å². The maximum atomic E-state index is 11.0. The predicted octanol–water partition coefficient (Wildman–Crippen LogP) is 0.234. The highest BCUT2D eigenvalue weighted by Gasteiger charge is 2.15. The molecular formula is C7H9N3O4S. The van der Waals surface area contributed by atoms with E-state index in [4.69, 9.17) is 5.84 Å². The van der Waals surface area contributed by atoms with E-state index in [1.54, 1.807) is 0 Å². The second kappa shape index (κ2) is 3.83. The van der Waals surface area contributed by atoms with Crippen molar-refractivity contribution in [2.24, 2.45) is 5.84 Å². The van der Waals surface area contributed by atoms with Crippen molar-refractivity contribution in [3.05, 3.63) is 34.4 Å². The first-order valence-electron chi connectivity index (χ1n) is 3.82. The van der Waals surface area contributed by atoms with Crippen LogP contribution < -0.4 is 10.3 Å². The van der Waals surface area contributed by atoms with E-state index in [0.717, 1.165) is 12.3 Å². The summed E-state index contributed by atoms with van der Waals surface area (Å²) in [4.78, 5) is 9.80. The van der Waals surface area contributed by atoms with Crippen LogP contribution in [0.1, 0.15) is 0 Å². The molecule has 1 aromatic carbocycles. The van der Waals surface area contributed by atoms with Gasteiger partial charge in [-0.05, 0) is 6.07 Å². The van der Waals surface area contributed by atoms with Crippen molar-refractivity contribution < 1.29 is 13.3 Å². The molecule has 0 atom stereocenters. The van der Waals surface area contributed by atoms with Crippen molar-refractivity contribution in [2.45, 2.75) is 0 Å². The Kier molecular flexibility index (Phi) is 2.91. The normalized spacial score (nSPS) is 11.1. The van der Waals surface area contributed by atoms with Crippen LogP contribution in [0.5, 0.6) is 0 Å². The van der Waals surface area contributed by atoms with E-state index < -0.39 is 14.9 Å². The minimum absolute atomic E-state index is 0.0479. The summed E-state index contributed by atoms with van der Waals surface area (Å²) in [5, 5.41) is 10.4. The molecule has 0 amide bonds. The Morgan fingerprint density at radius 3 is 2.53 bits per heavy atom. The fraction of sp³-hybridized carbons (Fsp3) is 0.143. The number of anilines is 1. The molecule has 0 aliphatic heterocycles. The van der Waals surface area contributed by atoms with Crippen molar-refractivity contribution >= 4 is 21.4 Å². The molecular weight excluding hydrogens is 222 g/mol. The summed E-state index contributed by atoms with van der Waals surface area (Å²) in [5.41, 5.74) is -0.168. The Bertz CT molecular complexity index is 485. The smallest absolute Gasteiger partial charge is 0.258 e. The molecule has 2 N–H and O–H groups in total. The van der Waals surface area contributed by atoms with Gasteiger partial charge in [0, 0.05) is 12.1 Å². The fourth-order valence-electron chi connectivity index (χ4n) is 0.935. The van der Waals surface area contributed by atoms with E-state index >= 15 is 0 Å². The van der Waals surface area contributed by atoms with Gasteiger partial charge in [0.05, 0.1) is 16.9 Å². The maximum Gasteiger partial charge on any atom is 0.271 e. The third kappa shape index (κ3) is 2.64. The lowest BCUT2D eigenvalue weighted by atomic mass is 10.3. The molecule has 0 bridgehead atoms. The van der Waals surface area contributed by atoms with Crippen LogP contribution in [0.4, 0.5) is 11.4 Å². The number of hydrogen-bond donors (Lipinski definition) is 1.